The Kier molecular flexibility index (Phi) is 3.67. The predicted octanol–water partition coefficient (Wildman–Crippen LogP) is 2.94. The summed E-state index contributed by atoms with van der Waals surface area (Å²) in [6, 6.07) is 12.1. The van der Waals surface area contributed by atoms with Crippen LogP contribution in [0.25, 0.3) is 16.7 Å². The molecule has 1 aromatic heterocycles. The zero-order valence-corrected chi connectivity index (χ0v) is 11.9. The van der Waals surface area contributed by atoms with Crippen molar-refractivity contribution in [3.8, 4) is 11.1 Å². The Morgan fingerprint density at radius 3 is 2.85 bits per heavy atom. The van der Waals surface area contributed by atoms with Crippen LogP contribution < -0.4 is 5.32 Å². The molecule has 0 fully saturated rings. The molecular weight excluding hydrogens is 270 g/mol. The van der Waals surface area contributed by atoms with Gasteiger partial charge in [-0.25, -0.2) is 0 Å². The topological polar surface area (TPSA) is 38.3 Å². The molecule has 2 aromatic rings. The van der Waals surface area contributed by atoms with Crippen molar-refractivity contribution in [2.75, 3.05) is 13.7 Å². The normalized spacial score (nSPS) is 17.9. The fraction of sp³-hybridized carbons (Fsp3) is 0.188. The maximum Gasteiger partial charge on any atom is 0.326 e. The van der Waals surface area contributed by atoms with Gasteiger partial charge in [-0.15, -0.1) is 11.3 Å². The summed E-state index contributed by atoms with van der Waals surface area (Å²) in [5.41, 5.74) is 3.58. The molecule has 0 saturated heterocycles. The van der Waals surface area contributed by atoms with Crippen molar-refractivity contribution >= 4 is 22.9 Å². The maximum atomic E-state index is 11.6. The number of hydrogen-bond acceptors (Lipinski definition) is 4. The third kappa shape index (κ3) is 2.40. The summed E-state index contributed by atoms with van der Waals surface area (Å²) in [4.78, 5) is 12.8. The Morgan fingerprint density at radius 1 is 1.30 bits per heavy atom. The molecular formula is C16H15NO2S. The summed E-state index contributed by atoms with van der Waals surface area (Å²) in [6.07, 6.45) is 1.96. The average molecular weight is 285 g/mol. The van der Waals surface area contributed by atoms with Crippen LogP contribution in [0.3, 0.4) is 0 Å². The largest absolute Gasteiger partial charge is 0.468 e. The monoisotopic (exact) mass is 285 g/mol. The minimum Gasteiger partial charge on any atom is -0.468 e. The molecule has 2 heterocycles. The molecule has 1 atom stereocenters. The highest BCUT2D eigenvalue weighted by molar-refractivity contribution is 7.11. The Hall–Kier alpha value is -1.91. The number of hydrogen-bond donors (Lipinski definition) is 1. The second kappa shape index (κ2) is 5.61. The summed E-state index contributed by atoms with van der Waals surface area (Å²) in [5.74, 6) is -0.238. The van der Waals surface area contributed by atoms with Crippen molar-refractivity contribution in [1.29, 1.82) is 0 Å². The van der Waals surface area contributed by atoms with Gasteiger partial charge in [-0.3, -0.25) is 10.1 Å². The number of benzene rings is 1. The number of thiophene rings is 1. The zero-order chi connectivity index (χ0) is 13.9. The molecule has 0 saturated carbocycles. The Morgan fingerprint density at radius 2 is 2.10 bits per heavy atom. The number of nitrogens with one attached hydrogen (secondary N) is 1. The summed E-state index contributed by atoms with van der Waals surface area (Å²) in [5, 5.41) is 5.25. The van der Waals surface area contributed by atoms with E-state index in [0.29, 0.717) is 6.54 Å². The van der Waals surface area contributed by atoms with E-state index >= 15 is 0 Å². The smallest absolute Gasteiger partial charge is 0.326 e. The molecule has 1 unspecified atom stereocenters. The van der Waals surface area contributed by atoms with Gasteiger partial charge in [0.2, 0.25) is 0 Å². The summed E-state index contributed by atoms with van der Waals surface area (Å²) in [7, 11) is 1.41. The minimum atomic E-state index is -0.333. The highest BCUT2D eigenvalue weighted by Crippen LogP contribution is 2.34. The second-order valence-corrected chi connectivity index (χ2v) is 5.52. The van der Waals surface area contributed by atoms with Gasteiger partial charge >= 0.3 is 5.97 Å². The van der Waals surface area contributed by atoms with E-state index in [1.807, 2.05) is 24.3 Å². The van der Waals surface area contributed by atoms with Gasteiger partial charge in [-0.2, -0.15) is 0 Å². The van der Waals surface area contributed by atoms with E-state index in [9.17, 15) is 4.79 Å². The van der Waals surface area contributed by atoms with E-state index in [1.165, 1.54) is 23.1 Å². The van der Waals surface area contributed by atoms with Crippen LogP contribution in [0.4, 0.5) is 0 Å². The van der Waals surface area contributed by atoms with E-state index < -0.39 is 0 Å². The minimum absolute atomic E-state index is 0.238. The maximum absolute atomic E-state index is 11.6. The molecule has 1 aliphatic rings. The number of methoxy groups -OCH3 is 1. The van der Waals surface area contributed by atoms with Crippen molar-refractivity contribution in [1.82, 2.24) is 5.32 Å². The van der Waals surface area contributed by atoms with Crippen molar-refractivity contribution < 1.29 is 9.53 Å². The lowest BCUT2D eigenvalue weighted by molar-refractivity contribution is -0.141. The third-order valence-electron chi connectivity index (χ3n) is 3.38. The van der Waals surface area contributed by atoms with E-state index in [2.05, 4.69) is 28.9 Å². The zero-order valence-electron chi connectivity index (χ0n) is 11.1. The molecule has 4 heteroatoms. The molecule has 0 radical (unpaired) electrons. The van der Waals surface area contributed by atoms with Gasteiger partial charge in [0.05, 0.1) is 7.11 Å². The van der Waals surface area contributed by atoms with Crippen LogP contribution in [0.15, 0.2) is 47.9 Å². The van der Waals surface area contributed by atoms with Gasteiger partial charge in [0.1, 0.15) is 6.04 Å². The lowest BCUT2D eigenvalue weighted by Gasteiger charge is -2.04. The van der Waals surface area contributed by atoms with E-state index in [1.54, 1.807) is 11.3 Å². The van der Waals surface area contributed by atoms with Crippen LogP contribution in [0.5, 0.6) is 0 Å². The van der Waals surface area contributed by atoms with E-state index in [-0.39, 0.29) is 12.0 Å². The Labute approximate surface area is 121 Å². The molecule has 0 amide bonds. The number of carbonyl (C=O) groups excluding carboxylic acids is 1. The Bertz CT molecular complexity index is 646. The van der Waals surface area contributed by atoms with Gasteiger partial charge in [0.25, 0.3) is 0 Å². The molecule has 0 bridgehead atoms. The number of ether oxygens (including phenoxy) is 1. The quantitative estimate of drug-likeness (QED) is 0.881. The molecule has 3 nitrogen and oxygen atoms in total. The van der Waals surface area contributed by atoms with Crippen LogP contribution >= 0.6 is 11.3 Å². The highest BCUT2D eigenvalue weighted by Gasteiger charge is 2.24. The van der Waals surface area contributed by atoms with Crippen LogP contribution in [0, 0.1) is 0 Å². The Balaban J connectivity index is 1.93. The number of carbonyl (C=O) groups is 1. The van der Waals surface area contributed by atoms with Crippen LogP contribution in [0.1, 0.15) is 4.88 Å². The van der Waals surface area contributed by atoms with Crippen LogP contribution in [0.2, 0.25) is 0 Å². The fourth-order valence-corrected chi connectivity index (χ4v) is 3.32. The molecule has 0 aliphatic carbocycles. The first-order chi connectivity index (χ1) is 9.79. The molecule has 1 aliphatic heterocycles. The lowest BCUT2D eigenvalue weighted by atomic mass is 10.0. The number of esters is 1. The number of rotatable bonds is 3. The van der Waals surface area contributed by atoms with Crippen molar-refractivity contribution in [2.24, 2.45) is 0 Å². The van der Waals surface area contributed by atoms with E-state index in [0.717, 1.165) is 5.57 Å². The van der Waals surface area contributed by atoms with Gasteiger partial charge in [0.15, 0.2) is 0 Å². The first kappa shape index (κ1) is 13.1. The second-order valence-electron chi connectivity index (χ2n) is 4.60. The average Bonchev–Trinajstić information content (AvgIpc) is 3.15. The fourth-order valence-electron chi connectivity index (χ4n) is 2.38. The van der Waals surface area contributed by atoms with E-state index in [4.69, 9.17) is 4.74 Å². The van der Waals surface area contributed by atoms with Gasteiger partial charge in [-0.05, 0) is 28.1 Å². The molecule has 0 spiro atoms. The van der Waals surface area contributed by atoms with Gasteiger partial charge in [0, 0.05) is 11.4 Å². The molecule has 20 heavy (non-hydrogen) atoms. The summed E-state index contributed by atoms with van der Waals surface area (Å²) < 4.78 is 4.77. The van der Waals surface area contributed by atoms with Gasteiger partial charge in [-0.1, -0.05) is 36.4 Å². The predicted molar refractivity (Wildman–Crippen MR) is 81.5 cm³/mol. The first-order valence-electron chi connectivity index (χ1n) is 6.45. The van der Waals surface area contributed by atoms with Crippen LogP contribution in [-0.4, -0.2) is 25.7 Å². The van der Waals surface area contributed by atoms with Crippen molar-refractivity contribution in [3.05, 3.63) is 52.7 Å². The standard InChI is InChI=1S/C16H15NO2S/c1-19-16(18)14-9-12(10-17-14)15-13(7-8-20-15)11-5-3-2-4-6-11/h2-9,14,17H,10H2,1H3. The summed E-state index contributed by atoms with van der Waals surface area (Å²) >= 11 is 1.70. The molecule has 3 rings (SSSR count). The third-order valence-corrected chi connectivity index (χ3v) is 4.37. The lowest BCUT2D eigenvalue weighted by Crippen LogP contribution is -2.31. The molecule has 102 valence electrons. The van der Waals surface area contributed by atoms with Crippen molar-refractivity contribution in [2.45, 2.75) is 6.04 Å². The molecule has 1 aromatic carbocycles. The first-order valence-corrected chi connectivity index (χ1v) is 7.33. The van der Waals surface area contributed by atoms with Crippen LogP contribution in [-0.2, 0) is 9.53 Å². The highest BCUT2D eigenvalue weighted by atomic mass is 32.1. The van der Waals surface area contributed by atoms with Gasteiger partial charge < -0.3 is 4.74 Å². The van der Waals surface area contributed by atoms with Crippen molar-refractivity contribution in [3.63, 3.8) is 0 Å². The summed E-state index contributed by atoms with van der Waals surface area (Å²) in [6.45, 7) is 0.695. The SMILES string of the molecule is COC(=O)C1C=C(c2sccc2-c2ccccc2)CN1. The molecule has 1 N–H and O–H groups in total.